The summed E-state index contributed by atoms with van der Waals surface area (Å²) in [7, 11) is 0. The zero-order valence-corrected chi connectivity index (χ0v) is 16.4. The smallest absolute Gasteiger partial charge is 0.188 e. The molecule has 0 spiro atoms. The number of aryl methyl sites for hydroxylation is 2. The first kappa shape index (κ1) is 17.4. The van der Waals surface area contributed by atoms with E-state index in [4.69, 9.17) is 9.97 Å². The molecule has 0 radical (unpaired) electrons. The number of nitrogens with zero attached hydrogens (tertiary/aromatic N) is 4. The van der Waals surface area contributed by atoms with Crippen molar-refractivity contribution in [3.05, 3.63) is 40.5 Å². The summed E-state index contributed by atoms with van der Waals surface area (Å²) >= 11 is 1.73. The molecule has 1 N–H and O–H groups in total. The van der Waals surface area contributed by atoms with Crippen LogP contribution in [-0.4, -0.2) is 32.9 Å². The lowest BCUT2D eigenvalue weighted by atomic mass is 9.99. The van der Waals surface area contributed by atoms with Crippen molar-refractivity contribution in [1.29, 1.82) is 0 Å². The van der Waals surface area contributed by atoms with Crippen LogP contribution >= 0.6 is 11.3 Å². The van der Waals surface area contributed by atoms with Gasteiger partial charge >= 0.3 is 0 Å². The van der Waals surface area contributed by atoms with Gasteiger partial charge in [0.05, 0.1) is 22.4 Å². The SMILES string of the molecule is Cc1nc2ccccc2nc1Nc1nc(C)c(CN2CCC(C)CC2)s1. The van der Waals surface area contributed by atoms with Gasteiger partial charge in [-0.1, -0.05) is 19.1 Å². The molecule has 0 aliphatic carbocycles. The van der Waals surface area contributed by atoms with Crippen molar-refractivity contribution in [2.75, 3.05) is 18.4 Å². The highest BCUT2D eigenvalue weighted by Gasteiger charge is 2.18. The molecule has 0 bridgehead atoms. The molecule has 4 rings (SSSR count). The van der Waals surface area contributed by atoms with E-state index < -0.39 is 0 Å². The van der Waals surface area contributed by atoms with Crippen molar-refractivity contribution in [2.24, 2.45) is 5.92 Å². The number of benzene rings is 1. The predicted molar refractivity (Wildman–Crippen MR) is 108 cm³/mol. The summed E-state index contributed by atoms with van der Waals surface area (Å²) in [6.45, 7) is 9.82. The Balaban J connectivity index is 1.51. The zero-order valence-electron chi connectivity index (χ0n) is 15.6. The van der Waals surface area contributed by atoms with Crippen LogP contribution < -0.4 is 5.32 Å². The molecular weight excluding hydrogens is 342 g/mol. The molecule has 26 heavy (non-hydrogen) atoms. The maximum absolute atomic E-state index is 4.72. The molecule has 5 nitrogen and oxygen atoms in total. The second kappa shape index (κ2) is 7.29. The summed E-state index contributed by atoms with van der Waals surface area (Å²) in [4.78, 5) is 18.0. The number of piperidine rings is 1. The summed E-state index contributed by atoms with van der Waals surface area (Å²) in [6.07, 6.45) is 2.60. The molecule has 0 unspecified atom stereocenters. The number of anilines is 2. The van der Waals surface area contributed by atoms with Crippen molar-refractivity contribution < 1.29 is 0 Å². The first-order valence-electron chi connectivity index (χ1n) is 9.27. The zero-order chi connectivity index (χ0) is 18.1. The molecule has 1 aromatic carbocycles. The molecule has 0 amide bonds. The van der Waals surface area contributed by atoms with E-state index in [0.717, 1.165) is 45.8 Å². The van der Waals surface area contributed by atoms with Crippen LogP contribution in [0.3, 0.4) is 0 Å². The Hall–Kier alpha value is -2.05. The van der Waals surface area contributed by atoms with Crippen LogP contribution in [0.2, 0.25) is 0 Å². The second-order valence-electron chi connectivity index (χ2n) is 7.26. The van der Waals surface area contributed by atoms with Crippen LogP contribution in [0.4, 0.5) is 10.9 Å². The number of nitrogens with one attached hydrogen (secondary N) is 1. The molecule has 2 aromatic heterocycles. The predicted octanol–water partition coefficient (Wildman–Crippen LogP) is 4.68. The van der Waals surface area contributed by atoms with Gasteiger partial charge in [0, 0.05) is 11.4 Å². The van der Waals surface area contributed by atoms with Gasteiger partial charge < -0.3 is 5.32 Å². The van der Waals surface area contributed by atoms with Gasteiger partial charge in [-0.15, -0.1) is 11.3 Å². The fourth-order valence-electron chi connectivity index (χ4n) is 3.36. The highest BCUT2D eigenvalue weighted by molar-refractivity contribution is 7.15. The second-order valence-corrected chi connectivity index (χ2v) is 8.34. The Morgan fingerprint density at radius 1 is 1.04 bits per heavy atom. The van der Waals surface area contributed by atoms with E-state index in [2.05, 4.69) is 29.0 Å². The van der Waals surface area contributed by atoms with Crippen molar-refractivity contribution >= 4 is 33.3 Å². The molecule has 1 saturated heterocycles. The summed E-state index contributed by atoms with van der Waals surface area (Å²) in [5, 5.41) is 4.28. The standard InChI is InChI=1S/C20H25N5S/c1-13-8-10-25(11-9-13)12-18-14(2)22-20(26-18)24-19-15(3)21-16-6-4-5-7-17(16)23-19/h4-7,13H,8-12H2,1-3H3,(H,22,23,24). The molecule has 3 heterocycles. The molecule has 136 valence electrons. The summed E-state index contributed by atoms with van der Waals surface area (Å²) < 4.78 is 0. The van der Waals surface area contributed by atoms with E-state index >= 15 is 0 Å². The monoisotopic (exact) mass is 367 g/mol. The maximum atomic E-state index is 4.72. The fraction of sp³-hybridized carbons (Fsp3) is 0.450. The van der Waals surface area contributed by atoms with Gasteiger partial charge in [0.2, 0.25) is 0 Å². The molecule has 0 saturated carbocycles. The lowest BCUT2D eigenvalue weighted by Crippen LogP contribution is -2.32. The van der Waals surface area contributed by atoms with Gasteiger partial charge in [0.1, 0.15) is 0 Å². The number of para-hydroxylation sites is 2. The third-order valence-electron chi connectivity index (χ3n) is 5.11. The molecule has 3 aromatic rings. The Labute approximate surface area is 158 Å². The maximum Gasteiger partial charge on any atom is 0.188 e. The fourth-order valence-corrected chi connectivity index (χ4v) is 4.36. The lowest BCUT2D eigenvalue weighted by Gasteiger charge is -2.29. The van der Waals surface area contributed by atoms with Crippen LogP contribution in [0.25, 0.3) is 11.0 Å². The minimum atomic E-state index is 0.788. The van der Waals surface area contributed by atoms with E-state index in [1.165, 1.54) is 30.8 Å². The van der Waals surface area contributed by atoms with Crippen LogP contribution in [-0.2, 0) is 6.54 Å². The van der Waals surface area contributed by atoms with E-state index in [1.807, 2.05) is 31.2 Å². The third kappa shape index (κ3) is 3.71. The Morgan fingerprint density at radius 3 is 2.46 bits per heavy atom. The number of hydrogen-bond acceptors (Lipinski definition) is 6. The first-order chi connectivity index (χ1) is 12.6. The Bertz CT molecular complexity index is 912. The third-order valence-corrected chi connectivity index (χ3v) is 6.16. The first-order valence-corrected chi connectivity index (χ1v) is 10.1. The quantitative estimate of drug-likeness (QED) is 0.726. The minimum Gasteiger partial charge on any atom is -0.315 e. The topological polar surface area (TPSA) is 53.9 Å². The Morgan fingerprint density at radius 2 is 1.73 bits per heavy atom. The molecule has 1 aliphatic rings. The number of fused-ring (bicyclic) bond motifs is 1. The summed E-state index contributed by atoms with van der Waals surface area (Å²) in [5.74, 6) is 1.65. The van der Waals surface area contributed by atoms with Gasteiger partial charge in [0.15, 0.2) is 10.9 Å². The largest absolute Gasteiger partial charge is 0.315 e. The minimum absolute atomic E-state index is 0.788. The molecule has 1 fully saturated rings. The number of likely N-dealkylation sites (tertiary alicyclic amines) is 1. The van der Waals surface area contributed by atoms with Gasteiger partial charge in [-0.3, -0.25) is 4.90 Å². The van der Waals surface area contributed by atoms with Crippen LogP contribution in [0.15, 0.2) is 24.3 Å². The summed E-state index contributed by atoms with van der Waals surface area (Å²) in [5.41, 5.74) is 3.83. The van der Waals surface area contributed by atoms with Crippen molar-refractivity contribution in [3.63, 3.8) is 0 Å². The molecule has 0 atom stereocenters. The van der Waals surface area contributed by atoms with Crippen molar-refractivity contribution in [1.82, 2.24) is 19.9 Å². The van der Waals surface area contributed by atoms with Crippen LogP contribution in [0.5, 0.6) is 0 Å². The van der Waals surface area contributed by atoms with Gasteiger partial charge in [-0.25, -0.2) is 15.0 Å². The average molecular weight is 368 g/mol. The molecule has 6 heteroatoms. The van der Waals surface area contributed by atoms with Gasteiger partial charge in [-0.2, -0.15) is 0 Å². The molecular formula is C20H25N5S. The van der Waals surface area contributed by atoms with E-state index in [9.17, 15) is 0 Å². The van der Waals surface area contributed by atoms with Gasteiger partial charge in [-0.05, 0) is 57.8 Å². The number of aromatic nitrogens is 3. The average Bonchev–Trinajstić information content (AvgIpc) is 2.97. The highest BCUT2D eigenvalue weighted by Crippen LogP contribution is 2.29. The van der Waals surface area contributed by atoms with Crippen LogP contribution in [0.1, 0.15) is 36.0 Å². The van der Waals surface area contributed by atoms with E-state index in [1.54, 1.807) is 11.3 Å². The highest BCUT2D eigenvalue weighted by atomic mass is 32.1. The van der Waals surface area contributed by atoms with E-state index in [0.29, 0.717) is 0 Å². The normalized spacial score (nSPS) is 16.3. The number of thiazole rings is 1. The van der Waals surface area contributed by atoms with Crippen LogP contribution in [0, 0.1) is 19.8 Å². The Kier molecular flexibility index (Phi) is 4.87. The number of rotatable bonds is 4. The van der Waals surface area contributed by atoms with E-state index in [-0.39, 0.29) is 0 Å². The summed E-state index contributed by atoms with van der Waals surface area (Å²) in [6, 6.07) is 7.95. The lowest BCUT2D eigenvalue weighted by molar-refractivity contribution is 0.186. The van der Waals surface area contributed by atoms with Gasteiger partial charge in [0.25, 0.3) is 0 Å². The number of hydrogen-bond donors (Lipinski definition) is 1. The van der Waals surface area contributed by atoms with Crippen molar-refractivity contribution in [3.8, 4) is 0 Å². The van der Waals surface area contributed by atoms with Crippen molar-refractivity contribution in [2.45, 2.75) is 40.2 Å². The molecule has 1 aliphatic heterocycles.